The molecule has 45 heavy (non-hydrogen) atoms. The third-order valence-electron chi connectivity index (χ3n) is 9.64. The van der Waals surface area contributed by atoms with E-state index in [0.717, 1.165) is 57.7 Å². The lowest BCUT2D eigenvalue weighted by molar-refractivity contribution is 0.0694. The molecule has 1 amide bonds. The van der Waals surface area contributed by atoms with E-state index < -0.39 is 8.32 Å². The fraction of sp³-hybridized carbons (Fsp3) is 0.432. The number of hydrogen-bond donors (Lipinski definition) is 1. The number of fused-ring (bicyclic) bond motifs is 1. The Morgan fingerprint density at radius 1 is 0.978 bits per heavy atom. The lowest BCUT2D eigenvalue weighted by Crippen LogP contribution is -2.42. The van der Waals surface area contributed by atoms with Crippen molar-refractivity contribution in [3.63, 3.8) is 0 Å². The minimum Gasteiger partial charge on any atom is -0.488 e. The van der Waals surface area contributed by atoms with Gasteiger partial charge in [0.25, 0.3) is 5.91 Å². The van der Waals surface area contributed by atoms with Crippen LogP contribution < -0.4 is 4.74 Å². The van der Waals surface area contributed by atoms with E-state index in [4.69, 9.17) is 9.84 Å². The van der Waals surface area contributed by atoms with Crippen LogP contribution >= 0.6 is 0 Å². The normalized spacial score (nSPS) is 13.8. The third kappa shape index (κ3) is 6.92. The van der Waals surface area contributed by atoms with Gasteiger partial charge >= 0.3 is 0 Å². The maximum Gasteiger partial charge on any atom is 0.272 e. The van der Waals surface area contributed by atoms with Crippen LogP contribution in [0.1, 0.15) is 79.2 Å². The van der Waals surface area contributed by atoms with Crippen LogP contribution in [-0.2, 0) is 13.2 Å². The monoisotopic (exact) mass is 624 g/mol. The Hall–Kier alpha value is -3.75. The summed E-state index contributed by atoms with van der Waals surface area (Å²) < 4.78 is 8.25. The van der Waals surface area contributed by atoms with Crippen LogP contribution in [0.2, 0.25) is 18.1 Å². The van der Waals surface area contributed by atoms with Crippen molar-refractivity contribution in [3.8, 4) is 28.1 Å². The van der Waals surface area contributed by atoms with Crippen molar-refractivity contribution >= 4 is 14.2 Å². The Balaban J connectivity index is 1.45. The number of amides is 1. The van der Waals surface area contributed by atoms with Gasteiger partial charge in [-0.2, -0.15) is 5.10 Å². The van der Waals surface area contributed by atoms with Gasteiger partial charge in [-0.3, -0.25) is 14.5 Å². The van der Waals surface area contributed by atoms with E-state index in [-0.39, 0.29) is 10.9 Å². The highest BCUT2D eigenvalue weighted by Gasteiger charge is 2.38. The van der Waals surface area contributed by atoms with E-state index in [9.17, 15) is 9.59 Å². The van der Waals surface area contributed by atoms with Gasteiger partial charge in [0.2, 0.25) is 0 Å². The van der Waals surface area contributed by atoms with Crippen LogP contribution in [0, 0.1) is 13.8 Å². The van der Waals surface area contributed by atoms with Crippen LogP contribution in [0.15, 0.2) is 60.9 Å². The molecule has 3 heterocycles. The number of benzene rings is 2. The van der Waals surface area contributed by atoms with Gasteiger partial charge in [0.05, 0.1) is 6.54 Å². The predicted molar refractivity (Wildman–Crippen MR) is 184 cm³/mol. The second kappa shape index (κ2) is 12.9. The molecule has 0 saturated carbocycles. The minimum atomic E-state index is -2.31. The van der Waals surface area contributed by atoms with Crippen molar-refractivity contribution in [1.29, 1.82) is 0 Å². The Morgan fingerprint density at radius 2 is 1.62 bits per heavy atom. The van der Waals surface area contributed by atoms with Gasteiger partial charge in [0.1, 0.15) is 23.7 Å². The average Bonchev–Trinajstić information content (AvgIpc) is 3.38. The predicted octanol–water partition coefficient (Wildman–Crippen LogP) is 8.14. The first kappa shape index (κ1) is 32.6. The maximum atomic E-state index is 14.2. The van der Waals surface area contributed by atoms with Crippen LogP contribution in [-0.4, -0.2) is 51.8 Å². The number of hydrogen-bond acceptors (Lipinski definition) is 5. The van der Waals surface area contributed by atoms with E-state index >= 15 is 0 Å². The molecule has 2 aromatic heterocycles. The number of nitrogens with zero attached hydrogens (tertiary/aromatic N) is 4. The van der Waals surface area contributed by atoms with E-state index in [1.165, 1.54) is 5.56 Å². The molecule has 0 saturated heterocycles. The summed E-state index contributed by atoms with van der Waals surface area (Å²) in [6, 6.07) is 16.8. The maximum absolute atomic E-state index is 14.2. The highest BCUT2D eigenvalue weighted by molar-refractivity contribution is 6.72. The summed E-state index contributed by atoms with van der Waals surface area (Å²) in [5.41, 5.74) is 8.63. The zero-order valence-corrected chi connectivity index (χ0v) is 29.1. The Labute approximate surface area is 269 Å². The van der Waals surface area contributed by atoms with Crippen molar-refractivity contribution in [2.75, 3.05) is 13.1 Å². The lowest BCUT2D eigenvalue weighted by Gasteiger charge is -2.36. The number of aryl methyl sites for hydroxylation is 2. The summed E-state index contributed by atoms with van der Waals surface area (Å²) in [5, 5.41) is 4.87. The van der Waals surface area contributed by atoms with E-state index in [2.05, 4.69) is 82.9 Å². The van der Waals surface area contributed by atoms with Crippen LogP contribution in [0.4, 0.5) is 0 Å². The first-order valence-electron chi connectivity index (χ1n) is 16.1. The fourth-order valence-corrected chi connectivity index (χ4v) is 6.79. The van der Waals surface area contributed by atoms with Crippen molar-refractivity contribution in [3.05, 3.63) is 88.9 Å². The lowest BCUT2D eigenvalue weighted by atomic mass is 9.94. The highest BCUT2D eigenvalue weighted by atomic mass is 28.4. The standard InChI is InChI=1S/C37H48N4O3Si/c1-25(2)29-12-10-28(11-13-29)24-44-35-26(3)22-31(23-27(35)4)32-33(30-14-17-38-18-15-30)39-41-21-20-40(36(42)34(32)41)19-9-16-37(5,6)45(7,8)43/h10-15,17-18,22-23,25,43H,9,16,19-21,24H2,1-8H3. The molecule has 1 aliphatic heterocycles. The molecule has 1 N–H and O–H groups in total. The van der Waals surface area contributed by atoms with E-state index in [1.807, 2.05) is 34.8 Å². The van der Waals surface area contributed by atoms with Gasteiger partial charge < -0.3 is 14.4 Å². The largest absolute Gasteiger partial charge is 0.488 e. The number of rotatable bonds is 11. The Bertz CT molecular complexity index is 1630. The van der Waals surface area contributed by atoms with Crippen molar-refractivity contribution in [2.24, 2.45) is 0 Å². The molecule has 0 spiro atoms. The molecule has 0 atom stereocenters. The van der Waals surface area contributed by atoms with Gasteiger partial charge in [0, 0.05) is 36.6 Å². The third-order valence-corrected chi connectivity index (χ3v) is 13.2. The van der Waals surface area contributed by atoms with Crippen LogP contribution in [0.3, 0.4) is 0 Å². The van der Waals surface area contributed by atoms with Crippen molar-refractivity contribution in [2.45, 2.75) is 91.6 Å². The molecular formula is C37H48N4O3Si. The van der Waals surface area contributed by atoms with Gasteiger partial charge in [-0.05, 0) is 103 Å². The van der Waals surface area contributed by atoms with Gasteiger partial charge in [-0.25, -0.2) is 0 Å². The van der Waals surface area contributed by atoms with Gasteiger partial charge in [-0.15, -0.1) is 0 Å². The molecule has 2 aromatic carbocycles. The minimum absolute atomic E-state index is 0.00263. The number of ether oxygens (including phenoxy) is 1. The summed E-state index contributed by atoms with van der Waals surface area (Å²) in [6.07, 6.45) is 5.25. The Morgan fingerprint density at radius 3 is 2.22 bits per heavy atom. The van der Waals surface area contributed by atoms with Crippen LogP contribution in [0.5, 0.6) is 5.75 Å². The molecule has 7 nitrogen and oxygen atoms in total. The number of carbonyl (C=O) groups excluding carboxylic acids is 1. The number of carbonyl (C=O) groups is 1. The number of pyridine rings is 1. The van der Waals surface area contributed by atoms with Crippen LogP contribution in [0.25, 0.3) is 22.4 Å². The quantitative estimate of drug-likeness (QED) is 0.170. The molecule has 0 unspecified atom stereocenters. The molecular weight excluding hydrogens is 577 g/mol. The summed E-state index contributed by atoms with van der Waals surface area (Å²) in [6.45, 7) is 19.2. The van der Waals surface area contributed by atoms with Gasteiger partial charge in [-0.1, -0.05) is 52.0 Å². The second-order valence-electron chi connectivity index (χ2n) is 14.0. The second-order valence-corrected chi connectivity index (χ2v) is 18.5. The first-order chi connectivity index (χ1) is 21.3. The zero-order chi connectivity index (χ0) is 32.5. The summed E-state index contributed by atoms with van der Waals surface area (Å²) in [5.74, 6) is 1.36. The molecule has 238 valence electrons. The molecule has 1 aliphatic rings. The molecule has 0 radical (unpaired) electrons. The van der Waals surface area contributed by atoms with Crippen molar-refractivity contribution < 1.29 is 14.3 Å². The molecule has 8 heteroatoms. The smallest absolute Gasteiger partial charge is 0.272 e. The van der Waals surface area contributed by atoms with E-state index in [1.54, 1.807) is 12.4 Å². The molecule has 0 aliphatic carbocycles. The van der Waals surface area contributed by atoms with Crippen molar-refractivity contribution in [1.82, 2.24) is 19.7 Å². The molecule has 4 aromatic rings. The Kier molecular flexibility index (Phi) is 9.38. The summed E-state index contributed by atoms with van der Waals surface area (Å²) >= 11 is 0. The highest BCUT2D eigenvalue weighted by Crippen LogP contribution is 2.41. The number of aromatic nitrogens is 3. The molecule has 0 bridgehead atoms. The molecule has 0 fully saturated rings. The molecule has 5 rings (SSSR count). The van der Waals surface area contributed by atoms with Gasteiger partial charge in [0.15, 0.2) is 8.32 Å². The summed E-state index contributed by atoms with van der Waals surface area (Å²) in [4.78, 5) is 31.1. The fourth-order valence-electron chi connectivity index (χ4n) is 6.00. The van der Waals surface area contributed by atoms with E-state index in [0.29, 0.717) is 37.9 Å². The SMILES string of the molecule is Cc1cc(-c2c(-c3ccncc3)nn3c2C(=O)N(CCCC(C)(C)[Si](C)(C)O)CC3)cc(C)c1OCc1ccc(C(C)C)cc1. The zero-order valence-electron chi connectivity index (χ0n) is 28.1. The average molecular weight is 625 g/mol. The topological polar surface area (TPSA) is 80.5 Å². The summed E-state index contributed by atoms with van der Waals surface area (Å²) in [7, 11) is -2.31. The first-order valence-corrected chi connectivity index (χ1v) is 19.1.